The van der Waals surface area contributed by atoms with Crippen molar-refractivity contribution in [1.82, 2.24) is 0 Å². The number of furan rings is 1. The zero-order valence-electron chi connectivity index (χ0n) is 37.9. The number of benzene rings is 10. The van der Waals surface area contributed by atoms with Crippen LogP contribution in [0.1, 0.15) is 11.0 Å². The van der Waals surface area contributed by atoms with Gasteiger partial charge in [0, 0.05) is 38.7 Å². The first-order valence-electron chi connectivity index (χ1n) is 22.5. The Morgan fingerprint density at radius 3 is 1.68 bits per heavy atom. The molecule has 0 aliphatic heterocycles. The summed E-state index contributed by atoms with van der Waals surface area (Å²) in [6.07, 6.45) is 0. The van der Waals surface area contributed by atoms with Crippen LogP contribution in [0.25, 0.3) is 87.6 Å². The monoisotopic (exact) mass is 721 g/mol. The van der Waals surface area contributed by atoms with Crippen molar-refractivity contribution in [2.75, 3.05) is 4.90 Å². The maximum atomic E-state index is 9.75. The van der Waals surface area contributed by atoms with E-state index in [0.717, 1.165) is 43.1 Å². The molecular weight excluding hydrogens is 679 g/mol. The zero-order chi connectivity index (χ0) is 44.0. The fraction of sp³-hybridized carbons (Fsp3) is 0. The van der Waals surface area contributed by atoms with Crippen LogP contribution in [0.3, 0.4) is 0 Å². The molecule has 0 saturated carbocycles. The first-order chi connectivity index (χ1) is 31.1. The van der Waals surface area contributed by atoms with Gasteiger partial charge in [0.05, 0.1) is 16.7 Å². The van der Waals surface area contributed by atoms with Crippen molar-refractivity contribution in [2.24, 2.45) is 0 Å². The summed E-state index contributed by atoms with van der Waals surface area (Å²) in [5.74, 6) is 0. The van der Waals surface area contributed by atoms with E-state index in [1.165, 1.54) is 4.90 Å². The standard InChI is InChI=1S/C54H35NO/c1-2-14-41-35-42(24-23-36(41)11-1)37-25-30-43(31-26-37)55(44-32-27-40(28-33-44)46-19-9-15-38-12-3-5-16-45(38)46)52-22-8-7-18-48(52)49-20-10-21-50-51-34-29-39-13-4-6-17-47(39)53(51)56-54(49)50/h1-35H/i25D,26D,27D,28D,30D,31D,32D,33D. The van der Waals surface area contributed by atoms with Gasteiger partial charge < -0.3 is 9.32 Å². The van der Waals surface area contributed by atoms with Gasteiger partial charge in [0.2, 0.25) is 0 Å². The van der Waals surface area contributed by atoms with Crippen LogP contribution >= 0.6 is 0 Å². The third-order valence-corrected chi connectivity index (χ3v) is 10.6. The minimum atomic E-state index is -0.414. The van der Waals surface area contributed by atoms with Crippen LogP contribution in [0.4, 0.5) is 17.1 Å². The van der Waals surface area contributed by atoms with Gasteiger partial charge in [-0.3, -0.25) is 0 Å². The molecule has 2 heteroatoms. The van der Waals surface area contributed by atoms with Gasteiger partial charge in [-0.15, -0.1) is 0 Å². The Morgan fingerprint density at radius 1 is 0.339 bits per heavy atom. The lowest BCUT2D eigenvalue weighted by atomic mass is 9.97. The minimum absolute atomic E-state index is 0.0999. The van der Waals surface area contributed by atoms with Crippen molar-refractivity contribution < 1.29 is 15.4 Å². The van der Waals surface area contributed by atoms with Crippen LogP contribution in [0.5, 0.6) is 0 Å². The fourth-order valence-electron chi connectivity index (χ4n) is 7.89. The highest BCUT2D eigenvalue weighted by Gasteiger charge is 2.21. The molecule has 2 nitrogen and oxygen atoms in total. The Labute approximate surface area is 336 Å². The van der Waals surface area contributed by atoms with Gasteiger partial charge in [0.1, 0.15) is 11.2 Å². The lowest BCUT2D eigenvalue weighted by Crippen LogP contribution is -2.11. The van der Waals surface area contributed by atoms with Gasteiger partial charge in [-0.25, -0.2) is 0 Å². The summed E-state index contributed by atoms with van der Waals surface area (Å²) in [6, 6.07) is 48.5. The van der Waals surface area contributed by atoms with Crippen molar-refractivity contribution in [3.63, 3.8) is 0 Å². The minimum Gasteiger partial charge on any atom is -0.455 e. The Hall–Kier alpha value is -7.42. The van der Waals surface area contributed by atoms with Crippen molar-refractivity contribution in [2.45, 2.75) is 0 Å². The molecule has 262 valence electrons. The average Bonchev–Trinajstić information content (AvgIpc) is 3.72. The van der Waals surface area contributed by atoms with E-state index in [1.807, 2.05) is 133 Å². The van der Waals surface area contributed by atoms with Crippen LogP contribution < -0.4 is 4.90 Å². The molecular formula is C54H35NO. The normalized spacial score (nSPS) is 13.6. The van der Waals surface area contributed by atoms with Gasteiger partial charge in [-0.2, -0.15) is 0 Å². The Balaban J connectivity index is 1.21. The molecule has 0 unspecified atom stereocenters. The second kappa shape index (κ2) is 13.2. The number of hydrogen-bond acceptors (Lipinski definition) is 2. The molecule has 0 radical (unpaired) electrons. The first-order valence-corrected chi connectivity index (χ1v) is 18.5. The summed E-state index contributed by atoms with van der Waals surface area (Å²) in [5, 5.41) is 7.21. The van der Waals surface area contributed by atoms with Crippen molar-refractivity contribution >= 4 is 71.3 Å². The van der Waals surface area contributed by atoms with Crippen LogP contribution in [0.2, 0.25) is 0 Å². The van der Waals surface area contributed by atoms with E-state index in [1.54, 1.807) is 24.3 Å². The summed E-state index contributed by atoms with van der Waals surface area (Å²) in [4.78, 5) is 1.38. The number of hydrogen-bond donors (Lipinski definition) is 0. The summed E-state index contributed by atoms with van der Waals surface area (Å²) in [5.41, 5.74) is 3.55. The Kier molecular flexibility index (Phi) is 5.83. The number of nitrogens with zero attached hydrogens (tertiary/aromatic N) is 1. The summed E-state index contributed by atoms with van der Waals surface area (Å²) < 4.78 is 83.9. The zero-order valence-corrected chi connectivity index (χ0v) is 29.9. The molecule has 1 aromatic heterocycles. The summed E-state index contributed by atoms with van der Waals surface area (Å²) >= 11 is 0. The third-order valence-electron chi connectivity index (χ3n) is 10.6. The maximum absolute atomic E-state index is 9.75. The molecule has 0 fully saturated rings. The van der Waals surface area contributed by atoms with Gasteiger partial charge in [-0.1, -0.05) is 170 Å². The van der Waals surface area contributed by atoms with Crippen molar-refractivity contribution in [3.8, 4) is 33.4 Å². The highest BCUT2D eigenvalue weighted by atomic mass is 16.3. The molecule has 0 saturated heterocycles. The smallest absolute Gasteiger partial charge is 0.143 e. The van der Waals surface area contributed by atoms with E-state index in [-0.39, 0.29) is 46.7 Å². The number of fused-ring (bicyclic) bond motifs is 7. The number of anilines is 3. The van der Waals surface area contributed by atoms with E-state index in [4.69, 9.17) is 4.42 Å². The lowest BCUT2D eigenvalue weighted by molar-refractivity contribution is 0.674. The molecule has 0 spiro atoms. The van der Waals surface area contributed by atoms with Crippen LogP contribution in [0.15, 0.2) is 217 Å². The lowest BCUT2D eigenvalue weighted by Gasteiger charge is -2.28. The second-order valence-corrected chi connectivity index (χ2v) is 13.8. The van der Waals surface area contributed by atoms with Gasteiger partial charge in [-0.05, 0) is 91.6 Å². The van der Waals surface area contributed by atoms with Crippen LogP contribution in [0, 0.1) is 0 Å². The van der Waals surface area contributed by atoms with E-state index in [9.17, 15) is 11.0 Å². The van der Waals surface area contributed by atoms with E-state index in [2.05, 4.69) is 6.07 Å². The van der Waals surface area contributed by atoms with Gasteiger partial charge in [0.15, 0.2) is 0 Å². The second-order valence-electron chi connectivity index (χ2n) is 13.8. The average molecular weight is 722 g/mol. The topological polar surface area (TPSA) is 16.4 Å². The summed E-state index contributed by atoms with van der Waals surface area (Å²) in [6.45, 7) is 0. The predicted octanol–water partition coefficient (Wildman–Crippen LogP) is 15.5. The molecule has 11 aromatic rings. The largest absolute Gasteiger partial charge is 0.455 e. The van der Waals surface area contributed by atoms with Gasteiger partial charge in [0.25, 0.3) is 0 Å². The SMILES string of the molecule is [2H]c1c([2H])c(N(c2ccccc2-c2cccc3c2oc2c4ccccc4ccc32)c2c([2H])c([2H])c(-c3cccc4ccccc34)c([2H])c2[2H])c([2H])c([2H])c1-c1ccc2ccccc2c1. The van der Waals surface area contributed by atoms with Crippen LogP contribution in [-0.4, -0.2) is 0 Å². The molecule has 1 heterocycles. The van der Waals surface area contributed by atoms with Gasteiger partial charge >= 0.3 is 0 Å². The van der Waals surface area contributed by atoms with Crippen molar-refractivity contribution in [3.05, 3.63) is 212 Å². The molecule has 10 aromatic carbocycles. The molecule has 0 aliphatic carbocycles. The maximum Gasteiger partial charge on any atom is 0.143 e. The Morgan fingerprint density at radius 2 is 0.875 bits per heavy atom. The Bertz CT molecular complexity index is 3680. The van der Waals surface area contributed by atoms with E-state index in [0.29, 0.717) is 39.1 Å². The quantitative estimate of drug-likeness (QED) is 0.170. The molecule has 0 N–H and O–H groups in total. The summed E-state index contributed by atoms with van der Waals surface area (Å²) in [7, 11) is 0. The number of para-hydroxylation sites is 2. The predicted molar refractivity (Wildman–Crippen MR) is 237 cm³/mol. The first kappa shape index (κ1) is 24.8. The number of rotatable bonds is 6. The molecule has 0 bridgehead atoms. The highest BCUT2D eigenvalue weighted by Crippen LogP contribution is 2.45. The fourth-order valence-corrected chi connectivity index (χ4v) is 7.89. The highest BCUT2D eigenvalue weighted by molar-refractivity contribution is 6.17. The molecule has 56 heavy (non-hydrogen) atoms. The van der Waals surface area contributed by atoms with Crippen LogP contribution in [-0.2, 0) is 0 Å². The van der Waals surface area contributed by atoms with E-state index >= 15 is 0 Å². The molecule has 0 atom stereocenters. The molecule has 11 rings (SSSR count). The molecule has 0 aliphatic rings. The van der Waals surface area contributed by atoms with Crippen molar-refractivity contribution in [1.29, 1.82) is 0 Å². The third kappa shape index (κ3) is 5.34. The molecule has 0 amide bonds. The van der Waals surface area contributed by atoms with E-state index < -0.39 is 24.2 Å².